The molecule has 0 saturated carbocycles. The average molecular weight is 276 g/mol. The fourth-order valence-electron chi connectivity index (χ4n) is 1.83. The highest BCUT2D eigenvalue weighted by atomic mass is 19.1. The van der Waals surface area contributed by atoms with E-state index in [9.17, 15) is 4.39 Å². The molecule has 5 nitrogen and oxygen atoms in total. The maximum atomic E-state index is 13.5. The first-order valence-corrected chi connectivity index (χ1v) is 6.28. The first kappa shape index (κ1) is 14.2. The molecule has 0 spiro atoms. The van der Waals surface area contributed by atoms with Crippen molar-refractivity contribution >= 4 is 11.6 Å². The van der Waals surface area contributed by atoms with Crippen molar-refractivity contribution in [1.29, 1.82) is 0 Å². The lowest BCUT2D eigenvalue weighted by molar-refractivity contribution is 0.178. The van der Waals surface area contributed by atoms with E-state index in [0.29, 0.717) is 42.6 Å². The molecule has 0 aliphatic carbocycles. The fourth-order valence-corrected chi connectivity index (χ4v) is 1.83. The molecule has 1 heterocycles. The predicted octanol–water partition coefficient (Wildman–Crippen LogP) is 2.00. The quantitative estimate of drug-likeness (QED) is 0.844. The van der Waals surface area contributed by atoms with Crippen LogP contribution in [0.1, 0.15) is 11.4 Å². The zero-order valence-electron chi connectivity index (χ0n) is 11.3. The van der Waals surface area contributed by atoms with Gasteiger partial charge in [-0.05, 0) is 18.1 Å². The number of aromatic nitrogens is 2. The number of methoxy groups -OCH3 is 1. The van der Waals surface area contributed by atoms with E-state index in [0.717, 1.165) is 0 Å². The highest BCUT2D eigenvalue weighted by molar-refractivity contribution is 5.44. The number of nitrogens with zero attached hydrogens (tertiary/aromatic N) is 2. The van der Waals surface area contributed by atoms with E-state index in [4.69, 9.17) is 10.5 Å². The molecule has 0 unspecified atom stereocenters. The highest BCUT2D eigenvalue weighted by Gasteiger charge is 2.04. The lowest BCUT2D eigenvalue weighted by Gasteiger charge is -2.08. The van der Waals surface area contributed by atoms with Crippen molar-refractivity contribution in [2.45, 2.75) is 13.0 Å². The van der Waals surface area contributed by atoms with Crippen molar-refractivity contribution < 1.29 is 9.13 Å². The lowest BCUT2D eigenvalue weighted by atomic mass is 10.1. The van der Waals surface area contributed by atoms with Gasteiger partial charge in [0.1, 0.15) is 24.1 Å². The fraction of sp³-hybridized carbons (Fsp3) is 0.286. The summed E-state index contributed by atoms with van der Waals surface area (Å²) in [6, 6.07) is 8.35. The van der Waals surface area contributed by atoms with Gasteiger partial charge in [0.05, 0.1) is 0 Å². The maximum absolute atomic E-state index is 13.5. The minimum atomic E-state index is -0.198. The molecule has 2 aromatic rings. The van der Waals surface area contributed by atoms with Crippen molar-refractivity contribution in [3.8, 4) is 0 Å². The van der Waals surface area contributed by atoms with Crippen LogP contribution in [0, 0.1) is 5.82 Å². The highest BCUT2D eigenvalue weighted by Crippen LogP contribution is 2.11. The maximum Gasteiger partial charge on any atom is 0.158 e. The van der Waals surface area contributed by atoms with Crippen LogP contribution >= 0.6 is 0 Å². The van der Waals surface area contributed by atoms with E-state index in [-0.39, 0.29) is 5.82 Å². The monoisotopic (exact) mass is 276 g/mol. The largest absolute Gasteiger partial charge is 0.384 e. The summed E-state index contributed by atoms with van der Waals surface area (Å²) in [6.45, 7) is 0.858. The van der Waals surface area contributed by atoms with E-state index in [1.54, 1.807) is 25.3 Å². The number of nitrogen functional groups attached to an aromatic ring is 1. The first-order chi connectivity index (χ1) is 9.69. The molecular formula is C14H17FN4O. The number of ether oxygens (including phenoxy) is 1. The summed E-state index contributed by atoms with van der Waals surface area (Å²) in [4.78, 5) is 8.30. The second kappa shape index (κ2) is 6.81. The third-order valence-corrected chi connectivity index (χ3v) is 2.72. The Labute approximate surface area is 117 Å². The number of benzene rings is 1. The number of anilines is 2. The van der Waals surface area contributed by atoms with Gasteiger partial charge in [-0.25, -0.2) is 14.4 Å². The SMILES string of the molecule is COCc1nc(N)cc(NCCc2ccccc2F)n1. The molecule has 0 atom stereocenters. The molecule has 0 radical (unpaired) electrons. The zero-order chi connectivity index (χ0) is 14.4. The van der Waals surface area contributed by atoms with Gasteiger partial charge in [-0.3, -0.25) is 0 Å². The molecule has 0 bridgehead atoms. The molecule has 20 heavy (non-hydrogen) atoms. The van der Waals surface area contributed by atoms with Crippen LogP contribution in [-0.4, -0.2) is 23.6 Å². The molecule has 0 aliphatic rings. The van der Waals surface area contributed by atoms with E-state index in [2.05, 4.69) is 15.3 Å². The molecule has 1 aromatic heterocycles. The van der Waals surface area contributed by atoms with Crippen LogP contribution in [0.2, 0.25) is 0 Å². The minimum Gasteiger partial charge on any atom is -0.384 e. The molecule has 0 fully saturated rings. The number of nitrogens with one attached hydrogen (secondary N) is 1. The summed E-state index contributed by atoms with van der Waals surface area (Å²) < 4.78 is 18.4. The summed E-state index contributed by atoms with van der Waals surface area (Å²) in [6.07, 6.45) is 0.566. The van der Waals surface area contributed by atoms with Gasteiger partial charge in [-0.2, -0.15) is 0 Å². The summed E-state index contributed by atoms with van der Waals surface area (Å²) in [7, 11) is 1.57. The Morgan fingerprint density at radius 3 is 2.85 bits per heavy atom. The van der Waals surface area contributed by atoms with Crippen LogP contribution in [0.5, 0.6) is 0 Å². The van der Waals surface area contributed by atoms with Gasteiger partial charge in [-0.15, -0.1) is 0 Å². The normalized spacial score (nSPS) is 10.5. The van der Waals surface area contributed by atoms with Crippen molar-refractivity contribution in [2.24, 2.45) is 0 Å². The van der Waals surface area contributed by atoms with Crippen LogP contribution < -0.4 is 11.1 Å². The van der Waals surface area contributed by atoms with Crippen LogP contribution in [0.25, 0.3) is 0 Å². The number of hydrogen-bond donors (Lipinski definition) is 2. The van der Waals surface area contributed by atoms with Crippen LogP contribution in [0.15, 0.2) is 30.3 Å². The lowest BCUT2D eigenvalue weighted by Crippen LogP contribution is -2.10. The van der Waals surface area contributed by atoms with Crippen LogP contribution in [-0.2, 0) is 17.8 Å². The third-order valence-electron chi connectivity index (χ3n) is 2.72. The predicted molar refractivity (Wildman–Crippen MR) is 75.8 cm³/mol. The second-order valence-electron chi connectivity index (χ2n) is 4.30. The van der Waals surface area contributed by atoms with E-state index in [1.807, 2.05) is 6.07 Å². The van der Waals surface area contributed by atoms with Crippen LogP contribution in [0.4, 0.5) is 16.0 Å². The van der Waals surface area contributed by atoms with Crippen molar-refractivity contribution in [3.63, 3.8) is 0 Å². The Kier molecular flexibility index (Phi) is 4.84. The third kappa shape index (κ3) is 3.89. The van der Waals surface area contributed by atoms with Gasteiger partial charge < -0.3 is 15.8 Å². The average Bonchev–Trinajstić information content (AvgIpc) is 2.41. The van der Waals surface area contributed by atoms with Crippen molar-refractivity contribution in [2.75, 3.05) is 24.7 Å². The standard InChI is InChI=1S/C14H17FN4O/c1-20-9-14-18-12(16)8-13(19-14)17-7-6-10-4-2-3-5-11(10)15/h2-5,8H,6-7,9H2,1H3,(H3,16,17,18,19). The number of halogens is 1. The summed E-state index contributed by atoms with van der Waals surface area (Å²) >= 11 is 0. The smallest absolute Gasteiger partial charge is 0.158 e. The van der Waals surface area contributed by atoms with Crippen molar-refractivity contribution in [1.82, 2.24) is 9.97 Å². The molecule has 3 N–H and O–H groups in total. The number of rotatable bonds is 6. The minimum absolute atomic E-state index is 0.198. The Morgan fingerprint density at radius 2 is 2.10 bits per heavy atom. The van der Waals surface area contributed by atoms with E-state index < -0.39 is 0 Å². The Morgan fingerprint density at radius 1 is 1.30 bits per heavy atom. The van der Waals surface area contributed by atoms with Gasteiger partial charge in [0.2, 0.25) is 0 Å². The van der Waals surface area contributed by atoms with Crippen molar-refractivity contribution in [3.05, 3.63) is 47.5 Å². The molecule has 2 rings (SSSR count). The topological polar surface area (TPSA) is 73.1 Å². The molecule has 6 heteroatoms. The number of hydrogen-bond acceptors (Lipinski definition) is 5. The molecule has 0 aliphatic heterocycles. The van der Waals surface area contributed by atoms with Gasteiger partial charge >= 0.3 is 0 Å². The summed E-state index contributed by atoms with van der Waals surface area (Å²) in [5.41, 5.74) is 6.36. The molecule has 0 saturated heterocycles. The van der Waals surface area contributed by atoms with E-state index in [1.165, 1.54) is 6.07 Å². The second-order valence-corrected chi connectivity index (χ2v) is 4.30. The van der Waals surface area contributed by atoms with Gasteiger partial charge in [0, 0.05) is 19.7 Å². The Balaban J connectivity index is 1.95. The van der Waals surface area contributed by atoms with Gasteiger partial charge in [-0.1, -0.05) is 18.2 Å². The molecular weight excluding hydrogens is 259 g/mol. The van der Waals surface area contributed by atoms with Crippen LogP contribution in [0.3, 0.4) is 0 Å². The molecule has 1 aromatic carbocycles. The Hall–Kier alpha value is -2.21. The van der Waals surface area contributed by atoms with Gasteiger partial charge in [0.15, 0.2) is 5.82 Å². The summed E-state index contributed by atoms with van der Waals surface area (Å²) in [5, 5.41) is 3.11. The zero-order valence-corrected chi connectivity index (χ0v) is 11.3. The molecule has 0 amide bonds. The molecule has 106 valence electrons. The van der Waals surface area contributed by atoms with Gasteiger partial charge in [0.25, 0.3) is 0 Å². The first-order valence-electron chi connectivity index (χ1n) is 6.28. The number of nitrogens with two attached hydrogens (primary N) is 1. The van der Waals surface area contributed by atoms with E-state index >= 15 is 0 Å². The summed E-state index contributed by atoms with van der Waals surface area (Å²) in [5.74, 6) is 1.30. The Bertz CT molecular complexity index is 577.